The van der Waals surface area contributed by atoms with Crippen LogP contribution in [0.15, 0.2) is 30.5 Å². The molecule has 2 unspecified atom stereocenters. The summed E-state index contributed by atoms with van der Waals surface area (Å²) in [5.74, 6) is 1.93. The molecule has 2 saturated carbocycles. The van der Waals surface area contributed by atoms with Crippen molar-refractivity contribution in [2.24, 2.45) is 17.6 Å². The Morgan fingerprint density at radius 2 is 1.73 bits per heavy atom. The van der Waals surface area contributed by atoms with Crippen molar-refractivity contribution in [1.82, 2.24) is 20.2 Å². The molecule has 2 heterocycles. The highest BCUT2D eigenvalue weighted by Gasteiger charge is 2.34. The molecule has 5 rings (SSSR count). The molecule has 0 radical (unpaired) electrons. The average molecular weight is 606 g/mol. The number of piperidine rings is 1. The van der Waals surface area contributed by atoms with E-state index in [2.05, 4.69) is 34.7 Å². The van der Waals surface area contributed by atoms with Gasteiger partial charge in [-0.3, -0.25) is 4.79 Å². The SMILES string of the molecule is CN(C)C(=O)N[C@@H]1CCCN(c2cnc(C(N)=O)c(Nc3ccc(C4(C)CCCC(CC5CCCC5)CC4)cc3)n2)[C@H]1CO. The van der Waals surface area contributed by atoms with Crippen molar-refractivity contribution in [3.63, 3.8) is 0 Å². The summed E-state index contributed by atoms with van der Waals surface area (Å²) in [4.78, 5) is 37.2. The number of benzene rings is 1. The second-order valence-electron chi connectivity index (χ2n) is 13.8. The van der Waals surface area contributed by atoms with Crippen molar-refractivity contribution >= 4 is 29.3 Å². The Hall–Kier alpha value is -3.40. The van der Waals surface area contributed by atoms with Gasteiger partial charge in [-0.05, 0) is 73.5 Å². The highest BCUT2D eigenvalue weighted by atomic mass is 16.3. The van der Waals surface area contributed by atoms with Gasteiger partial charge in [0.05, 0.1) is 24.9 Å². The van der Waals surface area contributed by atoms with Crippen LogP contribution in [-0.2, 0) is 5.41 Å². The third-order valence-corrected chi connectivity index (χ3v) is 10.4. The number of aromatic nitrogens is 2. The Morgan fingerprint density at radius 3 is 2.41 bits per heavy atom. The summed E-state index contributed by atoms with van der Waals surface area (Å²) in [7, 11) is 3.37. The fourth-order valence-corrected chi connectivity index (χ4v) is 7.72. The zero-order valence-electron chi connectivity index (χ0n) is 26.7. The molecule has 4 atom stereocenters. The first kappa shape index (κ1) is 32.0. The van der Waals surface area contributed by atoms with Gasteiger partial charge < -0.3 is 31.3 Å². The van der Waals surface area contributed by atoms with Crippen molar-refractivity contribution in [3.8, 4) is 0 Å². The molecule has 1 saturated heterocycles. The predicted molar refractivity (Wildman–Crippen MR) is 174 cm³/mol. The van der Waals surface area contributed by atoms with Crippen molar-refractivity contribution in [3.05, 3.63) is 41.7 Å². The van der Waals surface area contributed by atoms with Crippen LogP contribution in [0.25, 0.3) is 0 Å². The molecule has 1 aromatic heterocycles. The number of aliphatic hydroxyl groups is 1. The summed E-state index contributed by atoms with van der Waals surface area (Å²) in [6.45, 7) is 2.89. The van der Waals surface area contributed by atoms with E-state index in [0.717, 1.165) is 30.4 Å². The maximum atomic E-state index is 12.4. The second kappa shape index (κ2) is 14.1. The number of carbonyl (C=O) groups is 2. The molecule has 0 spiro atoms. The summed E-state index contributed by atoms with van der Waals surface area (Å²) in [5, 5.41) is 16.6. The Kier molecular flexibility index (Phi) is 10.3. The lowest BCUT2D eigenvalue weighted by atomic mass is 9.76. The zero-order chi connectivity index (χ0) is 31.3. The van der Waals surface area contributed by atoms with E-state index in [0.29, 0.717) is 12.4 Å². The molecular weight excluding hydrogens is 554 g/mol. The van der Waals surface area contributed by atoms with Crippen molar-refractivity contribution < 1.29 is 14.7 Å². The van der Waals surface area contributed by atoms with Gasteiger partial charge in [0.1, 0.15) is 5.82 Å². The van der Waals surface area contributed by atoms with Gasteiger partial charge in [-0.2, -0.15) is 0 Å². The van der Waals surface area contributed by atoms with Crippen LogP contribution in [0.1, 0.15) is 100 Å². The maximum absolute atomic E-state index is 12.4. The molecule has 10 nitrogen and oxygen atoms in total. The van der Waals surface area contributed by atoms with E-state index in [9.17, 15) is 14.7 Å². The number of rotatable bonds is 9. The smallest absolute Gasteiger partial charge is 0.317 e. The number of carbonyl (C=O) groups excluding carboxylic acids is 2. The summed E-state index contributed by atoms with van der Waals surface area (Å²) >= 11 is 0. The predicted octanol–water partition coefficient (Wildman–Crippen LogP) is 5.34. The van der Waals surface area contributed by atoms with Gasteiger partial charge in [0.2, 0.25) is 0 Å². The Labute approximate surface area is 262 Å². The maximum Gasteiger partial charge on any atom is 0.317 e. The highest BCUT2D eigenvalue weighted by molar-refractivity contribution is 5.96. The molecule has 3 aliphatic rings. The van der Waals surface area contributed by atoms with Crippen LogP contribution in [0, 0.1) is 11.8 Å². The van der Waals surface area contributed by atoms with E-state index >= 15 is 0 Å². The average Bonchev–Trinajstić information content (AvgIpc) is 3.45. The lowest BCUT2D eigenvalue weighted by molar-refractivity contribution is 0.0996. The zero-order valence-corrected chi connectivity index (χ0v) is 26.7. The molecular formula is C34H51N7O3. The number of hydrogen-bond acceptors (Lipinski definition) is 7. The van der Waals surface area contributed by atoms with E-state index in [1.54, 1.807) is 14.1 Å². The lowest BCUT2D eigenvalue weighted by Gasteiger charge is -2.41. The number of urea groups is 1. The van der Waals surface area contributed by atoms with Gasteiger partial charge in [0.25, 0.3) is 5.91 Å². The van der Waals surface area contributed by atoms with Crippen LogP contribution in [0.2, 0.25) is 0 Å². The number of primary amides is 1. The van der Waals surface area contributed by atoms with E-state index in [4.69, 9.17) is 10.7 Å². The van der Waals surface area contributed by atoms with Crippen molar-refractivity contribution in [2.75, 3.05) is 37.5 Å². The molecule has 10 heteroatoms. The minimum Gasteiger partial charge on any atom is -0.394 e. The second-order valence-corrected chi connectivity index (χ2v) is 13.8. The largest absolute Gasteiger partial charge is 0.394 e. The van der Waals surface area contributed by atoms with Crippen LogP contribution in [-0.4, -0.2) is 71.2 Å². The van der Waals surface area contributed by atoms with Gasteiger partial charge in [-0.15, -0.1) is 0 Å². The first-order chi connectivity index (χ1) is 21.2. The van der Waals surface area contributed by atoms with Gasteiger partial charge in [0.15, 0.2) is 11.5 Å². The number of aliphatic hydroxyl groups excluding tert-OH is 1. The van der Waals surface area contributed by atoms with Gasteiger partial charge >= 0.3 is 6.03 Å². The number of amides is 3. The summed E-state index contributed by atoms with van der Waals surface area (Å²) in [6.07, 6.45) is 16.6. The third kappa shape index (κ3) is 7.45. The topological polar surface area (TPSA) is 137 Å². The van der Waals surface area contributed by atoms with E-state index < -0.39 is 5.91 Å². The summed E-state index contributed by atoms with van der Waals surface area (Å²) in [5.41, 5.74) is 8.05. The van der Waals surface area contributed by atoms with Crippen LogP contribution in [0.3, 0.4) is 0 Å². The standard InChI is InChI=1S/C34H51N7O3/c1-34(17-6-10-24(16-18-34)20-23-8-4-5-9-23)25-12-14-26(15-13-25)37-32-30(31(35)43)36-21-29(39-32)41-19-7-11-27(28(41)22-42)38-33(44)40(2)3/h12-15,21,23-24,27-28,42H,4-11,16-20,22H2,1-3H3,(H2,35,43)(H,37,39)(H,38,44)/t24?,27-,28+,34?/m1/s1. The van der Waals surface area contributed by atoms with E-state index in [-0.39, 0.29) is 41.6 Å². The Bertz CT molecular complexity index is 1280. The molecule has 1 aromatic carbocycles. The monoisotopic (exact) mass is 605 g/mol. The fraction of sp³-hybridized carbons (Fsp3) is 0.647. The van der Waals surface area contributed by atoms with Gasteiger partial charge in [-0.1, -0.05) is 57.6 Å². The Balaban J connectivity index is 1.30. The van der Waals surface area contributed by atoms with Crippen LogP contribution in [0.4, 0.5) is 22.1 Å². The first-order valence-corrected chi connectivity index (χ1v) is 16.6. The molecule has 3 amide bonds. The van der Waals surface area contributed by atoms with E-state index in [1.165, 1.54) is 80.9 Å². The number of nitrogens with zero attached hydrogens (tertiary/aromatic N) is 4. The molecule has 2 aromatic rings. The normalized spacial score (nSPS) is 26.2. The minimum absolute atomic E-state index is 0.0527. The minimum atomic E-state index is -0.672. The number of nitrogens with one attached hydrogen (secondary N) is 2. The lowest BCUT2D eigenvalue weighted by Crippen LogP contribution is -2.58. The molecule has 1 aliphatic heterocycles. The number of anilines is 3. The van der Waals surface area contributed by atoms with Crippen molar-refractivity contribution in [1.29, 1.82) is 0 Å². The third-order valence-electron chi connectivity index (χ3n) is 10.4. The molecule has 5 N–H and O–H groups in total. The van der Waals surface area contributed by atoms with Crippen LogP contribution in [0.5, 0.6) is 0 Å². The van der Waals surface area contributed by atoms with E-state index in [1.807, 2.05) is 17.0 Å². The fourth-order valence-electron chi connectivity index (χ4n) is 7.72. The van der Waals surface area contributed by atoms with Crippen molar-refractivity contribution in [2.45, 2.75) is 101 Å². The van der Waals surface area contributed by atoms with Gasteiger partial charge in [-0.25, -0.2) is 14.8 Å². The molecule has 0 bridgehead atoms. The molecule has 44 heavy (non-hydrogen) atoms. The summed E-state index contributed by atoms with van der Waals surface area (Å²) in [6, 6.07) is 7.64. The number of hydrogen-bond donors (Lipinski definition) is 4. The molecule has 240 valence electrons. The Morgan fingerprint density at radius 1 is 1.02 bits per heavy atom. The first-order valence-electron chi connectivity index (χ1n) is 16.6. The molecule has 3 fully saturated rings. The summed E-state index contributed by atoms with van der Waals surface area (Å²) < 4.78 is 0. The quantitative estimate of drug-likeness (QED) is 0.283. The van der Waals surface area contributed by atoms with Gasteiger partial charge in [0, 0.05) is 26.3 Å². The number of nitrogens with two attached hydrogens (primary N) is 1. The highest BCUT2D eigenvalue weighted by Crippen LogP contribution is 2.43. The van der Waals surface area contributed by atoms with Crippen LogP contribution < -0.4 is 21.3 Å². The molecule has 2 aliphatic carbocycles. The van der Waals surface area contributed by atoms with Crippen LogP contribution >= 0.6 is 0 Å².